The van der Waals surface area contributed by atoms with Gasteiger partial charge in [0, 0.05) is 51.2 Å². The van der Waals surface area contributed by atoms with Crippen LogP contribution in [0.1, 0.15) is 49.0 Å². The van der Waals surface area contributed by atoms with Gasteiger partial charge in [0.25, 0.3) is 0 Å². The van der Waals surface area contributed by atoms with Crippen molar-refractivity contribution in [3.8, 4) is 17.0 Å². The average Bonchev–Trinajstić information content (AvgIpc) is 3.88. The van der Waals surface area contributed by atoms with Gasteiger partial charge in [-0.1, -0.05) is 96.5 Å². The number of Topliss-reactive ketones (excluding diaryl/α,β-unsaturated/α-hetero) is 1. The molecule has 258 valence electrons. The quantitative estimate of drug-likeness (QED) is 0.124. The highest BCUT2D eigenvalue weighted by molar-refractivity contribution is 7.99. The van der Waals surface area contributed by atoms with Crippen molar-refractivity contribution in [3.05, 3.63) is 166 Å². The van der Waals surface area contributed by atoms with Crippen LogP contribution in [0.3, 0.4) is 0 Å². The summed E-state index contributed by atoms with van der Waals surface area (Å²) in [5.74, 6) is 1.15. The molecule has 10 rings (SSSR count). The molecular weight excluding hydrogens is 700 g/mol. The Bertz CT molecular complexity index is 2640. The molecule has 0 N–H and O–H groups in total. The lowest BCUT2D eigenvalue weighted by Gasteiger charge is -2.39. The largest absolute Gasteiger partial charge is 0.497 e. The minimum atomic E-state index is -0.981. The number of thioether (sulfide) groups is 1. The summed E-state index contributed by atoms with van der Waals surface area (Å²) < 4.78 is 5.58. The van der Waals surface area contributed by atoms with Crippen molar-refractivity contribution in [1.82, 2.24) is 19.9 Å². The van der Waals surface area contributed by atoms with Gasteiger partial charge in [0.2, 0.25) is 0 Å². The number of carbonyl (C=O) groups is 2. The Morgan fingerprint density at radius 3 is 2.30 bits per heavy atom. The van der Waals surface area contributed by atoms with Crippen LogP contribution in [0.2, 0.25) is 5.15 Å². The maximum atomic E-state index is 15.5. The minimum Gasteiger partial charge on any atom is -0.497 e. The zero-order chi connectivity index (χ0) is 35.8. The first-order chi connectivity index (χ1) is 26.0. The molecule has 1 unspecified atom stereocenters. The van der Waals surface area contributed by atoms with Crippen LogP contribution < -0.4 is 4.74 Å². The zero-order valence-electron chi connectivity index (χ0n) is 28.6. The van der Waals surface area contributed by atoms with Crippen LogP contribution in [-0.4, -0.2) is 56.2 Å². The number of halogens is 1. The number of nitrogens with zero attached hydrogens (tertiary/aromatic N) is 4. The number of carbonyl (C=O) groups excluding carboxylic acids is 2. The standard InChI is InChI=1S/C44H31ClN4O3S/c1-52-29-17-19-33-28(20-29)21-31(43(45)48-33)37-36-23-53-24-49(36)44(38(37)41(51)26-12-6-3-7-13-26)32-15-9-8-14-30(32)39-42(44)47-35-22-27(16-18-34(35)46-39)40(50)25-10-4-2-5-11-25/h2-22,36-38H,23-24H2,1H3/t36-,37-,38-,44?/m0/s1. The predicted molar refractivity (Wildman–Crippen MR) is 209 cm³/mol. The molecule has 1 spiro atoms. The highest BCUT2D eigenvalue weighted by Crippen LogP contribution is 2.65. The van der Waals surface area contributed by atoms with Crippen LogP contribution in [-0.2, 0) is 5.54 Å². The number of aromatic nitrogens is 3. The monoisotopic (exact) mass is 730 g/mol. The van der Waals surface area contributed by atoms with Gasteiger partial charge in [-0.15, -0.1) is 11.8 Å². The summed E-state index contributed by atoms with van der Waals surface area (Å²) in [4.78, 5) is 47.2. The normalized spacial score (nSPS) is 21.5. The number of pyridine rings is 1. The Labute approximate surface area is 315 Å². The lowest BCUT2D eigenvalue weighted by atomic mass is 9.69. The van der Waals surface area contributed by atoms with Crippen molar-refractivity contribution in [3.63, 3.8) is 0 Å². The van der Waals surface area contributed by atoms with E-state index in [-0.39, 0.29) is 23.5 Å². The second-order valence-corrected chi connectivity index (χ2v) is 15.2. The van der Waals surface area contributed by atoms with E-state index < -0.39 is 11.5 Å². The van der Waals surface area contributed by atoms with Gasteiger partial charge in [0.05, 0.1) is 41.0 Å². The van der Waals surface area contributed by atoms with Gasteiger partial charge >= 0.3 is 0 Å². The fraction of sp³-hybridized carbons (Fsp3) is 0.159. The van der Waals surface area contributed by atoms with Gasteiger partial charge in [-0.05, 0) is 53.6 Å². The number of hydrogen-bond donors (Lipinski definition) is 0. The Hall–Kier alpha value is -5.41. The second-order valence-electron chi connectivity index (χ2n) is 13.8. The Morgan fingerprint density at radius 1 is 0.774 bits per heavy atom. The topological polar surface area (TPSA) is 85.3 Å². The number of ether oxygens (including phenoxy) is 1. The third kappa shape index (κ3) is 4.75. The van der Waals surface area contributed by atoms with E-state index in [9.17, 15) is 4.79 Å². The van der Waals surface area contributed by atoms with E-state index in [1.807, 2.05) is 121 Å². The van der Waals surface area contributed by atoms with Crippen molar-refractivity contribution in [2.45, 2.75) is 17.5 Å². The summed E-state index contributed by atoms with van der Waals surface area (Å²) in [6.45, 7) is 0. The van der Waals surface area contributed by atoms with E-state index in [1.54, 1.807) is 7.11 Å². The fourth-order valence-corrected chi connectivity index (χ4v) is 10.6. The molecule has 7 aromatic rings. The van der Waals surface area contributed by atoms with Gasteiger partial charge in [-0.2, -0.15) is 0 Å². The van der Waals surface area contributed by atoms with Gasteiger partial charge in [-0.3, -0.25) is 14.5 Å². The van der Waals surface area contributed by atoms with E-state index >= 15 is 4.79 Å². The third-order valence-electron chi connectivity index (χ3n) is 11.2. The van der Waals surface area contributed by atoms with Crippen molar-refractivity contribution in [2.24, 2.45) is 5.92 Å². The van der Waals surface area contributed by atoms with Crippen molar-refractivity contribution >= 4 is 56.9 Å². The van der Waals surface area contributed by atoms with Crippen LogP contribution in [0.5, 0.6) is 5.75 Å². The number of methoxy groups -OCH3 is 1. The highest BCUT2D eigenvalue weighted by atomic mass is 35.5. The van der Waals surface area contributed by atoms with Crippen molar-refractivity contribution in [1.29, 1.82) is 0 Å². The summed E-state index contributed by atoms with van der Waals surface area (Å²) in [5, 5.41) is 1.27. The summed E-state index contributed by atoms with van der Waals surface area (Å²) >= 11 is 9.04. The summed E-state index contributed by atoms with van der Waals surface area (Å²) in [6, 6.07) is 40.4. The molecule has 0 saturated carbocycles. The lowest BCUT2D eigenvalue weighted by Crippen LogP contribution is -2.48. The summed E-state index contributed by atoms with van der Waals surface area (Å²) in [6.07, 6.45) is 0. The Morgan fingerprint density at radius 2 is 1.51 bits per heavy atom. The molecule has 0 bridgehead atoms. The molecular formula is C44H31ClN4O3S. The number of rotatable bonds is 6. The number of fused-ring (bicyclic) bond motifs is 9. The number of ketones is 2. The number of hydrogen-bond acceptors (Lipinski definition) is 8. The smallest absolute Gasteiger partial charge is 0.193 e. The molecule has 4 heterocycles. The Kier molecular flexibility index (Phi) is 7.51. The van der Waals surface area contributed by atoms with Crippen molar-refractivity contribution < 1.29 is 14.3 Å². The maximum Gasteiger partial charge on any atom is 0.193 e. The molecule has 1 aliphatic carbocycles. The van der Waals surface area contributed by atoms with E-state index in [1.165, 1.54) is 0 Å². The highest BCUT2D eigenvalue weighted by Gasteiger charge is 2.68. The molecule has 7 nitrogen and oxygen atoms in total. The third-order valence-corrected chi connectivity index (χ3v) is 12.6. The number of benzene rings is 5. The second kappa shape index (κ2) is 12.3. The molecule has 2 aromatic heterocycles. The average molecular weight is 731 g/mol. The van der Waals surface area contributed by atoms with Crippen LogP contribution in [0.15, 0.2) is 127 Å². The molecule has 4 atom stereocenters. The molecule has 9 heteroatoms. The van der Waals surface area contributed by atoms with E-state index in [4.69, 9.17) is 31.3 Å². The van der Waals surface area contributed by atoms with Gasteiger partial charge in [-0.25, -0.2) is 15.0 Å². The van der Waals surface area contributed by atoms with Crippen LogP contribution in [0.25, 0.3) is 33.2 Å². The molecule has 2 aliphatic heterocycles. The first kappa shape index (κ1) is 32.3. The van der Waals surface area contributed by atoms with Gasteiger partial charge < -0.3 is 4.74 Å². The van der Waals surface area contributed by atoms with Crippen LogP contribution in [0.4, 0.5) is 0 Å². The summed E-state index contributed by atoms with van der Waals surface area (Å²) in [7, 11) is 1.65. The molecule has 0 amide bonds. The van der Waals surface area contributed by atoms with Crippen LogP contribution >= 0.6 is 23.4 Å². The van der Waals surface area contributed by atoms with Gasteiger partial charge in [0.15, 0.2) is 11.6 Å². The molecule has 0 radical (unpaired) electrons. The van der Waals surface area contributed by atoms with Gasteiger partial charge in [0.1, 0.15) is 16.4 Å². The lowest BCUT2D eigenvalue weighted by molar-refractivity contribution is 0.0795. The Balaban J connectivity index is 1.25. The first-order valence-corrected chi connectivity index (χ1v) is 19.1. The van der Waals surface area contributed by atoms with E-state index in [2.05, 4.69) is 23.1 Å². The maximum absolute atomic E-state index is 15.5. The molecule has 53 heavy (non-hydrogen) atoms. The summed E-state index contributed by atoms with van der Waals surface area (Å²) in [5.41, 5.74) is 7.08. The molecule has 2 fully saturated rings. The molecule has 3 aliphatic rings. The van der Waals surface area contributed by atoms with Crippen LogP contribution in [0, 0.1) is 5.92 Å². The zero-order valence-corrected chi connectivity index (χ0v) is 30.1. The van der Waals surface area contributed by atoms with Crippen molar-refractivity contribution in [2.75, 3.05) is 18.7 Å². The first-order valence-electron chi connectivity index (χ1n) is 17.6. The van der Waals surface area contributed by atoms with E-state index in [0.717, 1.165) is 50.5 Å². The fourth-order valence-electron chi connectivity index (χ4n) is 8.97. The predicted octanol–water partition coefficient (Wildman–Crippen LogP) is 8.97. The SMILES string of the molecule is COc1ccc2nc(Cl)c([C@@H]3[C@@H](C(=O)c4ccccc4)C4(c5ccccc5-c5nc6ccc(C(=O)c7ccccc7)cc6nc54)N4CSC[C@@H]34)cc2c1. The molecule has 5 aromatic carbocycles. The van der Waals surface area contributed by atoms with E-state index in [0.29, 0.717) is 38.8 Å². The minimum absolute atomic E-state index is 0.00867. The molecule has 2 saturated heterocycles.